The lowest BCUT2D eigenvalue weighted by molar-refractivity contribution is -0.135. The monoisotopic (exact) mass is 441 g/mol. The van der Waals surface area contributed by atoms with Gasteiger partial charge >= 0.3 is 11.9 Å². The van der Waals surface area contributed by atoms with Gasteiger partial charge in [-0.3, -0.25) is 0 Å². The normalized spacial score (nSPS) is 17.5. The molecule has 142 valence electrons. The molecule has 0 fully saturated rings. The Hall–Kier alpha value is -1.60. The van der Waals surface area contributed by atoms with Crippen molar-refractivity contribution in [2.45, 2.75) is 53.0 Å². The van der Waals surface area contributed by atoms with Crippen molar-refractivity contribution < 1.29 is 19.8 Å². The largest absolute Gasteiger partial charge is 0.478 e. The number of halogens is 1. The summed E-state index contributed by atoms with van der Waals surface area (Å²) in [4.78, 5) is 27.3. The summed E-state index contributed by atoms with van der Waals surface area (Å²) in [5.74, 6) is -2.43. The Morgan fingerprint density at radius 2 is 1.50 bits per heavy atom. The van der Waals surface area contributed by atoms with Crippen molar-refractivity contribution in [3.05, 3.63) is 43.3 Å². The van der Waals surface area contributed by atoms with E-state index >= 15 is 0 Å². The maximum atomic E-state index is 12.4. The van der Waals surface area contributed by atoms with Crippen LogP contribution in [0.3, 0.4) is 0 Å². The topological polar surface area (TPSA) is 77.8 Å². The first-order valence-electron chi connectivity index (χ1n) is 8.42. The number of carbonyl (C=O) groups is 2. The fourth-order valence-corrected chi connectivity index (χ4v) is 5.98. The molecule has 0 spiro atoms. The third-order valence-electron chi connectivity index (χ3n) is 5.01. The third kappa shape index (κ3) is 2.91. The van der Waals surface area contributed by atoms with E-state index in [-0.39, 0.29) is 23.1 Å². The molecule has 2 N–H and O–H groups in total. The lowest BCUT2D eigenvalue weighted by atomic mass is 9.62. The zero-order valence-electron chi connectivity index (χ0n) is 15.8. The van der Waals surface area contributed by atoms with Gasteiger partial charge in [0.2, 0.25) is 0 Å². The van der Waals surface area contributed by atoms with Crippen LogP contribution < -0.4 is 0 Å². The van der Waals surface area contributed by atoms with E-state index < -0.39 is 17.4 Å². The van der Waals surface area contributed by atoms with Gasteiger partial charge in [-0.25, -0.2) is 9.59 Å². The maximum absolute atomic E-state index is 12.4. The van der Waals surface area contributed by atoms with E-state index in [4.69, 9.17) is 0 Å². The van der Waals surface area contributed by atoms with Gasteiger partial charge in [-0.1, -0.05) is 13.8 Å². The van der Waals surface area contributed by atoms with Crippen LogP contribution in [-0.4, -0.2) is 33.1 Å². The molecular formula is C19H24BrNO4S. The molecule has 2 heterocycles. The number of carboxylic acid groups (broad SMARTS) is 2. The Kier molecular flexibility index (Phi) is 5.73. The number of rotatable bonds is 5. The van der Waals surface area contributed by atoms with Gasteiger partial charge in [-0.2, -0.15) is 0 Å². The first-order chi connectivity index (χ1) is 12.0. The molecule has 2 rings (SSSR count). The minimum atomic E-state index is -1.21. The van der Waals surface area contributed by atoms with Crippen molar-refractivity contribution in [2.75, 3.05) is 0 Å². The predicted octanol–water partition coefficient (Wildman–Crippen LogP) is 4.85. The van der Waals surface area contributed by atoms with Gasteiger partial charge in [0.1, 0.15) is 0 Å². The molecule has 0 bridgehead atoms. The Balaban J connectivity index is 3.06. The predicted molar refractivity (Wildman–Crippen MR) is 106 cm³/mol. The summed E-state index contributed by atoms with van der Waals surface area (Å²) >= 11 is 4.81. The average Bonchev–Trinajstić information content (AvgIpc) is 2.91. The molecule has 0 aromatic carbocycles. The third-order valence-corrected chi connectivity index (χ3v) is 6.77. The second-order valence-corrected chi connectivity index (χ2v) is 9.52. The van der Waals surface area contributed by atoms with Crippen LogP contribution in [0, 0.1) is 5.92 Å². The van der Waals surface area contributed by atoms with Gasteiger partial charge in [0.15, 0.2) is 0 Å². The van der Waals surface area contributed by atoms with E-state index in [2.05, 4.69) is 15.9 Å². The molecule has 0 radical (unpaired) electrons. The van der Waals surface area contributed by atoms with E-state index in [1.54, 1.807) is 13.8 Å². The number of aliphatic carboxylic acids is 2. The molecular weight excluding hydrogens is 418 g/mol. The molecule has 0 amide bonds. The summed E-state index contributed by atoms with van der Waals surface area (Å²) in [6, 6.07) is 3.60. The second-order valence-electron chi connectivity index (χ2n) is 7.06. The van der Waals surface area contributed by atoms with E-state index in [9.17, 15) is 19.8 Å². The first-order valence-corrected chi connectivity index (χ1v) is 10.0. The molecule has 1 aromatic heterocycles. The first kappa shape index (κ1) is 20.7. The summed E-state index contributed by atoms with van der Waals surface area (Å²) < 4.78 is 0.837. The summed E-state index contributed by atoms with van der Waals surface area (Å²) in [5, 5.41) is 20.3. The highest BCUT2D eigenvalue weighted by atomic mass is 79.9. The number of thiophene rings is 1. The summed E-state index contributed by atoms with van der Waals surface area (Å²) in [6.07, 6.45) is 0. The molecule has 5 nitrogen and oxygen atoms in total. The van der Waals surface area contributed by atoms with Crippen LogP contribution in [0.15, 0.2) is 38.5 Å². The van der Waals surface area contributed by atoms with Gasteiger partial charge in [0.25, 0.3) is 0 Å². The lowest BCUT2D eigenvalue weighted by Gasteiger charge is -2.47. The van der Waals surface area contributed by atoms with Crippen molar-refractivity contribution in [1.82, 2.24) is 4.90 Å². The minimum absolute atomic E-state index is 0.0565. The lowest BCUT2D eigenvalue weighted by Crippen LogP contribution is -2.49. The Morgan fingerprint density at radius 3 is 1.77 bits per heavy atom. The van der Waals surface area contributed by atoms with Crippen molar-refractivity contribution in [3.63, 3.8) is 0 Å². The number of allylic oxidation sites excluding steroid dienone is 2. The van der Waals surface area contributed by atoms with Crippen LogP contribution in [0.25, 0.3) is 0 Å². The highest BCUT2D eigenvalue weighted by Gasteiger charge is 2.54. The molecule has 1 aromatic rings. The van der Waals surface area contributed by atoms with Crippen LogP contribution >= 0.6 is 27.3 Å². The minimum Gasteiger partial charge on any atom is -0.478 e. The molecule has 0 saturated heterocycles. The van der Waals surface area contributed by atoms with Gasteiger partial charge in [-0.15, -0.1) is 11.3 Å². The molecule has 1 aliphatic rings. The highest BCUT2D eigenvalue weighted by Crippen LogP contribution is 2.54. The summed E-state index contributed by atoms with van der Waals surface area (Å²) in [5.41, 5.74) is 0.243. The van der Waals surface area contributed by atoms with Gasteiger partial charge in [0.05, 0.1) is 20.3 Å². The zero-order chi connectivity index (χ0) is 20.0. The van der Waals surface area contributed by atoms with Crippen LogP contribution in [0.4, 0.5) is 0 Å². The second kappa shape index (κ2) is 7.19. The van der Waals surface area contributed by atoms with Gasteiger partial charge < -0.3 is 15.1 Å². The maximum Gasteiger partial charge on any atom is 0.334 e. The van der Waals surface area contributed by atoms with Gasteiger partial charge in [-0.05, 0) is 61.7 Å². The molecule has 26 heavy (non-hydrogen) atoms. The van der Waals surface area contributed by atoms with E-state index in [0.29, 0.717) is 11.4 Å². The molecule has 0 aliphatic carbocycles. The molecule has 7 heteroatoms. The highest BCUT2D eigenvalue weighted by molar-refractivity contribution is 9.11. The fourth-order valence-electron chi connectivity index (χ4n) is 4.24. The van der Waals surface area contributed by atoms with Crippen molar-refractivity contribution in [3.8, 4) is 0 Å². The average molecular weight is 442 g/mol. The SMILES string of the molecule is CC1=C(C(=O)O)C(c2ccc(Br)s2)(C(C)C)C(C(=O)O)=C(C)N1C(C)C. The Morgan fingerprint density at radius 1 is 1.04 bits per heavy atom. The van der Waals surface area contributed by atoms with E-state index in [1.807, 2.05) is 44.7 Å². The Bertz CT molecular complexity index is 781. The number of nitrogens with zero attached hydrogens (tertiary/aromatic N) is 1. The van der Waals surface area contributed by atoms with Gasteiger partial charge in [0, 0.05) is 22.3 Å². The van der Waals surface area contributed by atoms with Crippen LogP contribution in [0.2, 0.25) is 0 Å². The summed E-state index contributed by atoms with van der Waals surface area (Å²) in [7, 11) is 0. The molecule has 0 atom stereocenters. The Labute approximate surface area is 166 Å². The van der Waals surface area contributed by atoms with Crippen LogP contribution in [-0.2, 0) is 15.0 Å². The summed E-state index contributed by atoms with van der Waals surface area (Å²) in [6.45, 7) is 11.2. The number of hydrogen-bond donors (Lipinski definition) is 2. The smallest absolute Gasteiger partial charge is 0.334 e. The molecule has 1 aliphatic heterocycles. The molecule has 0 saturated carbocycles. The number of carboxylic acids is 2. The van der Waals surface area contributed by atoms with E-state index in [0.717, 1.165) is 8.66 Å². The van der Waals surface area contributed by atoms with E-state index in [1.165, 1.54) is 11.3 Å². The zero-order valence-corrected chi connectivity index (χ0v) is 18.2. The van der Waals surface area contributed by atoms with Crippen molar-refractivity contribution in [2.24, 2.45) is 5.92 Å². The van der Waals surface area contributed by atoms with Crippen LogP contribution in [0.5, 0.6) is 0 Å². The number of hydrogen-bond acceptors (Lipinski definition) is 4. The standard InChI is InChI=1S/C19H24BrNO4S/c1-9(2)19(13-7-8-14(20)26-13)15(17(22)23)11(5)21(10(3)4)12(6)16(19)18(24)25/h7-10H,1-6H3,(H,22,23)(H,24,25). The van der Waals surface area contributed by atoms with Crippen molar-refractivity contribution in [1.29, 1.82) is 0 Å². The quantitative estimate of drug-likeness (QED) is 0.682. The molecule has 0 unspecified atom stereocenters. The van der Waals surface area contributed by atoms with Crippen molar-refractivity contribution >= 4 is 39.2 Å². The fraction of sp³-hybridized carbons (Fsp3) is 0.474. The van der Waals surface area contributed by atoms with Crippen LogP contribution in [0.1, 0.15) is 46.4 Å².